The molecule has 0 N–H and O–H groups in total. The molecule has 0 saturated carbocycles. The smallest absolute Gasteiger partial charge is 0.160 e. The topological polar surface area (TPSA) is 34.1 Å². The molecule has 0 fully saturated rings. The molecule has 0 unspecified atom stereocenters. The minimum atomic E-state index is -0.0657. The maximum Gasteiger partial charge on any atom is 0.160 e. The zero-order valence-electron chi connectivity index (χ0n) is 10.2. The third-order valence-electron chi connectivity index (χ3n) is 3.04. The zero-order chi connectivity index (χ0) is 12.6. The van der Waals surface area contributed by atoms with Crippen molar-refractivity contribution in [2.75, 3.05) is 0 Å². The molecule has 0 spiro atoms. The number of fused-ring (bicyclic) bond motifs is 1. The van der Waals surface area contributed by atoms with Gasteiger partial charge in [0.2, 0.25) is 0 Å². The average molecular weight is 226 g/mol. The van der Waals surface area contributed by atoms with Gasteiger partial charge in [0, 0.05) is 11.1 Å². The number of hydrogen-bond acceptors (Lipinski definition) is 2. The summed E-state index contributed by atoms with van der Waals surface area (Å²) in [5.74, 6) is -0.123. The summed E-state index contributed by atoms with van der Waals surface area (Å²) in [6.45, 7) is 4.89. The Bertz CT molecular complexity index is 624. The van der Waals surface area contributed by atoms with Crippen molar-refractivity contribution in [3.05, 3.63) is 47.0 Å². The highest BCUT2D eigenvalue weighted by atomic mass is 16.1. The lowest BCUT2D eigenvalue weighted by atomic mass is 9.91. The minimum absolute atomic E-state index is 0.0570. The van der Waals surface area contributed by atoms with Gasteiger partial charge in [-0.15, -0.1) is 0 Å². The number of carbonyl (C=O) groups is 2. The third-order valence-corrected chi connectivity index (χ3v) is 3.04. The van der Waals surface area contributed by atoms with Gasteiger partial charge in [-0.2, -0.15) is 0 Å². The van der Waals surface area contributed by atoms with E-state index in [1.165, 1.54) is 13.8 Å². The van der Waals surface area contributed by atoms with Crippen LogP contribution in [0.25, 0.3) is 10.8 Å². The molecule has 0 radical (unpaired) electrons. The molecule has 2 heteroatoms. The average Bonchev–Trinajstić information content (AvgIpc) is 2.28. The third kappa shape index (κ3) is 1.86. The fourth-order valence-corrected chi connectivity index (χ4v) is 2.26. The molecule has 2 aromatic rings. The first kappa shape index (κ1) is 11.5. The molecular formula is C15H14O2. The van der Waals surface area contributed by atoms with Crippen LogP contribution in [0.1, 0.15) is 40.1 Å². The predicted octanol–water partition coefficient (Wildman–Crippen LogP) is 3.55. The summed E-state index contributed by atoms with van der Waals surface area (Å²) in [5, 5.41) is 2.03. The van der Waals surface area contributed by atoms with Gasteiger partial charge in [0.15, 0.2) is 11.6 Å². The molecule has 17 heavy (non-hydrogen) atoms. The van der Waals surface area contributed by atoms with Crippen LogP contribution >= 0.6 is 0 Å². The monoisotopic (exact) mass is 226 g/mol. The van der Waals surface area contributed by atoms with Crippen molar-refractivity contribution >= 4 is 22.3 Å². The highest BCUT2D eigenvalue weighted by Crippen LogP contribution is 2.26. The van der Waals surface area contributed by atoms with Gasteiger partial charge in [-0.05, 0) is 43.2 Å². The van der Waals surface area contributed by atoms with Crippen molar-refractivity contribution in [1.82, 2.24) is 0 Å². The largest absolute Gasteiger partial charge is 0.294 e. The minimum Gasteiger partial charge on any atom is -0.294 e. The highest BCUT2D eigenvalue weighted by Gasteiger charge is 2.16. The van der Waals surface area contributed by atoms with E-state index in [1.807, 2.05) is 31.2 Å². The number of rotatable bonds is 2. The van der Waals surface area contributed by atoms with Crippen LogP contribution in [-0.2, 0) is 0 Å². The van der Waals surface area contributed by atoms with Crippen LogP contribution in [0.5, 0.6) is 0 Å². The molecule has 0 saturated heterocycles. The molecule has 2 aromatic carbocycles. The maximum atomic E-state index is 11.7. The molecule has 0 aromatic heterocycles. The fourth-order valence-electron chi connectivity index (χ4n) is 2.26. The molecule has 0 amide bonds. The summed E-state index contributed by atoms with van der Waals surface area (Å²) in [4.78, 5) is 23.3. The van der Waals surface area contributed by atoms with Crippen LogP contribution in [0.15, 0.2) is 30.3 Å². The molecular weight excluding hydrogens is 212 g/mol. The van der Waals surface area contributed by atoms with Gasteiger partial charge in [-0.1, -0.05) is 24.3 Å². The molecule has 0 aliphatic carbocycles. The molecule has 2 rings (SSSR count). The van der Waals surface area contributed by atoms with Crippen molar-refractivity contribution in [2.24, 2.45) is 0 Å². The standard InChI is InChI=1S/C15H14O2/c1-9-13-7-5-4-6-12(13)8-14(10(2)16)15(9)11(3)17/h4-8H,1-3H3. The normalized spacial score (nSPS) is 10.5. The van der Waals surface area contributed by atoms with E-state index in [4.69, 9.17) is 0 Å². The summed E-state index contributed by atoms with van der Waals surface area (Å²) < 4.78 is 0. The van der Waals surface area contributed by atoms with E-state index < -0.39 is 0 Å². The molecule has 0 heterocycles. The second-order valence-electron chi connectivity index (χ2n) is 4.26. The van der Waals surface area contributed by atoms with Crippen LogP contribution in [0.2, 0.25) is 0 Å². The molecule has 86 valence electrons. The molecule has 0 aliphatic heterocycles. The first-order valence-corrected chi connectivity index (χ1v) is 5.56. The summed E-state index contributed by atoms with van der Waals surface area (Å²) in [5.41, 5.74) is 1.96. The molecule has 0 atom stereocenters. The van der Waals surface area contributed by atoms with Crippen molar-refractivity contribution in [1.29, 1.82) is 0 Å². The molecule has 2 nitrogen and oxygen atoms in total. The van der Waals surface area contributed by atoms with Crippen molar-refractivity contribution in [3.63, 3.8) is 0 Å². The van der Waals surface area contributed by atoms with Gasteiger partial charge in [0.05, 0.1) is 0 Å². The number of Topliss-reactive ketones (excluding diaryl/α,β-unsaturated/α-hetero) is 2. The Hall–Kier alpha value is -1.96. The second kappa shape index (κ2) is 4.13. The van der Waals surface area contributed by atoms with E-state index in [2.05, 4.69) is 0 Å². The highest BCUT2D eigenvalue weighted by molar-refractivity contribution is 6.12. The van der Waals surface area contributed by atoms with Crippen LogP contribution in [0, 0.1) is 6.92 Å². The Labute approximate surface area is 100 Å². The fraction of sp³-hybridized carbons (Fsp3) is 0.200. The van der Waals surface area contributed by atoms with Crippen LogP contribution in [0.4, 0.5) is 0 Å². The van der Waals surface area contributed by atoms with Crippen LogP contribution in [0.3, 0.4) is 0 Å². The molecule has 0 aliphatic rings. The Kier molecular flexibility index (Phi) is 2.80. The predicted molar refractivity (Wildman–Crippen MR) is 68.7 cm³/mol. The van der Waals surface area contributed by atoms with E-state index in [0.717, 1.165) is 16.3 Å². The van der Waals surface area contributed by atoms with Gasteiger partial charge < -0.3 is 0 Å². The SMILES string of the molecule is CC(=O)c1cc2ccccc2c(C)c1C(C)=O. The lowest BCUT2D eigenvalue weighted by Crippen LogP contribution is -2.07. The first-order chi connectivity index (χ1) is 8.02. The Morgan fingerprint density at radius 3 is 2.24 bits per heavy atom. The van der Waals surface area contributed by atoms with E-state index in [1.54, 1.807) is 6.07 Å². The van der Waals surface area contributed by atoms with Gasteiger partial charge >= 0.3 is 0 Å². The van der Waals surface area contributed by atoms with E-state index in [9.17, 15) is 9.59 Å². The number of carbonyl (C=O) groups excluding carboxylic acids is 2. The molecule has 0 bridgehead atoms. The summed E-state index contributed by atoms with van der Waals surface area (Å²) in [7, 11) is 0. The number of benzene rings is 2. The van der Waals surface area contributed by atoms with Crippen LogP contribution in [-0.4, -0.2) is 11.6 Å². The maximum absolute atomic E-state index is 11.7. The lowest BCUT2D eigenvalue weighted by molar-refractivity contribution is 0.0980. The summed E-state index contributed by atoms with van der Waals surface area (Å²) in [6, 6.07) is 9.60. The van der Waals surface area contributed by atoms with Gasteiger partial charge in [0.1, 0.15) is 0 Å². The Morgan fingerprint density at radius 1 is 1.00 bits per heavy atom. The first-order valence-electron chi connectivity index (χ1n) is 5.56. The van der Waals surface area contributed by atoms with E-state index in [-0.39, 0.29) is 11.6 Å². The van der Waals surface area contributed by atoms with Gasteiger partial charge in [-0.25, -0.2) is 0 Å². The number of ketones is 2. The second-order valence-corrected chi connectivity index (χ2v) is 4.26. The summed E-state index contributed by atoms with van der Waals surface area (Å²) >= 11 is 0. The van der Waals surface area contributed by atoms with Crippen molar-refractivity contribution < 1.29 is 9.59 Å². The lowest BCUT2D eigenvalue weighted by Gasteiger charge is -2.11. The van der Waals surface area contributed by atoms with E-state index >= 15 is 0 Å². The van der Waals surface area contributed by atoms with E-state index in [0.29, 0.717) is 11.1 Å². The van der Waals surface area contributed by atoms with Crippen molar-refractivity contribution in [3.8, 4) is 0 Å². The number of hydrogen-bond donors (Lipinski definition) is 0. The number of aryl methyl sites for hydroxylation is 1. The van der Waals surface area contributed by atoms with Crippen LogP contribution < -0.4 is 0 Å². The zero-order valence-corrected chi connectivity index (χ0v) is 10.2. The summed E-state index contributed by atoms with van der Waals surface area (Å²) in [6.07, 6.45) is 0. The van der Waals surface area contributed by atoms with Gasteiger partial charge in [0.25, 0.3) is 0 Å². The van der Waals surface area contributed by atoms with Crippen molar-refractivity contribution in [2.45, 2.75) is 20.8 Å². The Balaban J connectivity index is 2.94. The Morgan fingerprint density at radius 2 is 1.65 bits per heavy atom. The van der Waals surface area contributed by atoms with Gasteiger partial charge in [-0.3, -0.25) is 9.59 Å². The quantitative estimate of drug-likeness (QED) is 0.734.